The van der Waals surface area contributed by atoms with Gasteiger partial charge in [0.05, 0.1) is 18.2 Å². The summed E-state index contributed by atoms with van der Waals surface area (Å²) in [5.74, 6) is -0.412. The van der Waals surface area contributed by atoms with Crippen LogP contribution in [0.4, 0.5) is 0 Å². The lowest BCUT2D eigenvalue weighted by atomic mass is 10.0. The van der Waals surface area contributed by atoms with E-state index < -0.39 is 11.9 Å². The molecule has 0 amide bonds. The Morgan fingerprint density at radius 1 is 0.968 bits per heavy atom. The number of para-hydroxylation sites is 1. The van der Waals surface area contributed by atoms with Gasteiger partial charge in [-0.15, -0.1) is 0 Å². The first-order valence-corrected chi connectivity index (χ1v) is 9.59. The molecule has 0 radical (unpaired) electrons. The Hall–Kier alpha value is -3.84. The highest BCUT2D eigenvalue weighted by molar-refractivity contribution is 5.93. The van der Waals surface area contributed by atoms with Crippen molar-refractivity contribution in [2.45, 2.75) is 12.6 Å². The lowest BCUT2D eigenvalue weighted by molar-refractivity contribution is 0.0696. The zero-order chi connectivity index (χ0) is 22.4. The van der Waals surface area contributed by atoms with E-state index in [1.807, 2.05) is 25.2 Å². The number of carboxylic acids is 2. The molecule has 7 heteroatoms. The molecular weight excluding hydrogens is 398 g/mol. The van der Waals surface area contributed by atoms with E-state index in [9.17, 15) is 9.59 Å². The van der Waals surface area contributed by atoms with Crippen LogP contribution in [0.25, 0.3) is 11.1 Å². The van der Waals surface area contributed by atoms with Crippen LogP contribution in [-0.4, -0.2) is 42.5 Å². The number of rotatable bonds is 5. The lowest BCUT2D eigenvalue weighted by Crippen LogP contribution is -2.29. The standard InChI is InChI=1S/C16H17NO2.C8H6O4/c1-17-15-10-12-6-4-8-14(16(12)19-15)11-5-3-7-13(9-11)18-2;9-7(10)5-2-1-3-6(4-5)8(11)12/h3-9,15,17H,10H2,1-2H3;1-4H,(H,9,10)(H,11,12). The molecule has 1 aliphatic heterocycles. The summed E-state index contributed by atoms with van der Waals surface area (Å²) in [7, 11) is 3.60. The van der Waals surface area contributed by atoms with Crippen molar-refractivity contribution in [3.05, 3.63) is 83.4 Å². The van der Waals surface area contributed by atoms with Crippen molar-refractivity contribution in [2.75, 3.05) is 14.2 Å². The van der Waals surface area contributed by atoms with E-state index in [0.29, 0.717) is 0 Å². The Kier molecular flexibility index (Phi) is 6.89. The second-order valence-electron chi connectivity index (χ2n) is 6.82. The minimum absolute atomic E-state index is 0.0186. The molecule has 1 heterocycles. The fraction of sp³-hybridized carbons (Fsp3) is 0.167. The van der Waals surface area contributed by atoms with Gasteiger partial charge in [0.1, 0.15) is 11.5 Å². The Morgan fingerprint density at radius 2 is 1.61 bits per heavy atom. The Bertz CT molecular complexity index is 1070. The highest BCUT2D eigenvalue weighted by Crippen LogP contribution is 2.39. The molecule has 0 aliphatic carbocycles. The van der Waals surface area contributed by atoms with Crippen LogP contribution in [0.15, 0.2) is 66.7 Å². The van der Waals surface area contributed by atoms with Crippen LogP contribution >= 0.6 is 0 Å². The molecule has 1 unspecified atom stereocenters. The summed E-state index contributed by atoms with van der Waals surface area (Å²) >= 11 is 0. The molecule has 7 nitrogen and oxygen atoms in total. The summed E-state index contributed by atoms with van der Waals surface area (Å²) < 4.78 is 11.2. The molecule has 1 atom stereocenters. The maximum atomic E-state index is 10.4. The molecule has 160 valence electrons. The number of ether oxygens (including phenoxy) is 2. The van der Waals surface area contributed by atoms with Gasteiger partial charge in [-0.1, -0.05) is 36.4 Å². The van der Waals surface area contributed by atoms with Gasteiger partial charge in [-0.3, -0.25) is 5.32 Å². The number of likely N-dealkylation sites (N-methyl/N-ethyl adjacent to an activating group) is 1. The van der Waals surface area contributed by atoms with Gasteiger partial charge in [0.2, 0.25) is 0 Å². The summed E-state index contributed by atoms with van der Waals surface area (Å²) in [6.07, 6.45) is 0.977. The van der Waals surface area contributed by atoms with Crippen molar-refractivity contribution < 1.29 is 29.3 Å². The molecule has 31 heavy (non-hydrogen) atoms. The predicted octanol–water partition coefficient (Wildman–Crippen LogP) is 3.93. The van der Waals surface area contributed by atoms with Crippen molar-refractivity contribution in [3.8, 4) is 22.6 Å². The smallest absolute Gasteiger partial charge is 0.335 e. The lowest BCUT2D eigenvalue weighted by Gasteiger charge is -2.12. The first kappa shape index (κ1) is 21.9. The maximum Gasteiger partial charge on any atom is 0.335 e. The third-order valence-corrected chi connectivity index (χ3v) is 4.82. The van der Waals surface area contributed by atoms with Crippen LogP contribution in [-0.2, 0) is 6.42 Å². The predicted molar refractivity (Wildman–Crippen MR) is 116 cm³/mol. The molecule has 3 aromatic rings. The number of carboxylic acid groups (broad SMARTS) is 2. The number of hydrogen-bond acceptors (Lipinski definition) is 5. The van der Waals surface area contributed by atoms with Crippen LogP contribution in [0.2, 0.25) is 0 Å². The van der Waals surface area contributed by atoms with Crippen molar-refractivity contribution in [1.82, 2.24) is 5.32 Å². The molecule has 0 aromatic heterocycles. The normalized spacial score (nSPS) is 13.9. The van der Waals surface area contributed by atoms with Gasteiger partial charge in [0.15, 0.2) is 6.23 Å². The van der Waals surface area contributed by atoms with E-state index in [1.165, 1.54) is 23.8 Å². The molecule has 4 rings (SSSR count). The summed E-state index contributed by atoms with van der Waals surface area (Å²) in [6.45, 7) is 0. The van der Waals surface area contributed by atoms with E-state index in [1.54, 1.807) is 7.11 Å². The molecule has 0 saturated carbocycles. The molecule has 0 bridgehead atoms. The second-order valence-corrected chi connectivity index (χ2v) is 6.82. The molecule has 1 aliphatic rings. The number of fused-ring (bicyclic) bond motifs is 1. The van der Waals surface area contributed by atoms with Crippen LogP contribution in [0.5, 0.6) is 11.5 Å². The fourth-order valence-corrected chi connectivity index (χ4v) is 3.23. The number of methoxy groups -OCH3 is 1. The summed E-state index contributed by atoms with van der Waals surface area (Å²) in [5.41, 5.74) is 3.45. The maximum absolute atomic E-state index is 10.4. The first-order valence-electron chi connectivity index (χ1n) is 9.59. The van der Waals surface area contributed by atoms with Crippen LogP contribution in [0.3, 0.4) is 0 Å². The monoisotopic (exact) mass is 421 g/mol. The van der Waals surface area contributed by atoms with Gasteiger partial charge in [-0.25, -0.2) is 9.59 Å². The van der Waals surface area contributed by atoms with E-state index in [0.717, 1.165) is 35.1 Å². The summed E-state index contributed by atoms with van der Waals surface area (Å²) in [5, 5.41) is 20.2. The summed E-state index contributed by atoms with van der Waals surface area (Å²) in [6, 6.07) is 19.5. The number of aromatic carboxylic acids is 2. The quantitative estimate of drug-likeness (QED) is 0.573. The second kappa shape index (κ2) is 9.77. The number of benzene rings is 3. The number of hydrogen-bond donors (Lipinski definition) is 3. The average Bonchev–Trinajstić information content (AvgIpc) is 3.23. The highest BCUT2D eigenvalue weighted by Gasteiger charge is 2.24. The third kappa shape index (κ3) is 5.21. The topological polar surface area (TPSA) is 105 Å². The van der Waals surface area contributed by atoms with E-state index in [4.69, 9.17) is 19.7 Å². The van der Waals surface area contributed by atoms with Gasteiger partial charge in [-0.05, 0) is 48.5 Å². The van der Waals surface area contributed by atoms with E-state index >= 15 is 0 Å². The molecule has 3 N–H and O–H groups in total. The zero-order valence-corrected chi connectivity index (χ0v) is 17.2. The van der Waals surface area contributed by atoms with Gasteiger partial charge in [0, 0.05) is 12.0 Å². The van der Waals surface area contributed by atoms with Gasteiger partial charge in [0.25, 0.3) is 0 Å². The van der Waals surface area contributed by atoms with Gasteiger partial charge in [-0.2, -0.15) is 0 Å². The van der Waals surface area contributed by atoms with Crippen molar-refractivity contribution in [3.63, 3.8) is 0 Å². The van der Waals surface area contributed by atoms with Crippen LogP contribution < -0.4 is 14.8 Å². The largest absolute Gasteiger partial charge is 0.497 e. The third-order valence-electron chi connectivity index (χ3n) is 4.82. The molecular formula is C24H23NO6. The molecule has 0 saturated heterocycles. The van der Waals surface area contributed by atoms with E-state index in [-0.39, 0.29) is 17.4 Å². The minimum Gasteiger partial charge on any atom is -0.497 e. The van der Waals surface area contributed by atoms with Gasteiger partial charge < -0.3 is 19.7 Å². The Morgan fingerprint density at radius 3 is 2.23 bits per heavy atom. The molecule has 3 aromatic carbocycles. The first-order chi connectivity index (χ1) is 14.9. The van der Waals surface area contributed by atoms with Crippen LogP contribution in [0.1, 0.15) is 26.3 Å². The average molecular weight is 421 g/mol. The summed E-state index contributed by atoms with van der Waals surface area (Å²) in [4.78, 5) is 20.8. The molecule has 0 fully saturated rings. The number of carbonyl (C=O) groups is 2. The minimum atomic E-state index is -1.13. The van der Waals surface area contributed by atoms with Crippen molar-refractivity contribution in [2.24, 2.45) is 0 Å². The van der Waals surface area contributed by atoms with Crippen molar-refractivity contribution >= 4 is 11.9 Å². The SMILES string of the molecule is CNC1Cc2cccc(-c3cccc(OC)c3)c2O1.O=C(O)c1cccc(C(=O)O)c1. The van der Waals surface area contributed by atoms with Gasteiger partial charge >= 0.3 is 11.9 Å². The van der Waals surface area contributed by atoms with Crippen LogP contribution in [0, 0.1) is 0 Å². The Balaban J connectivity index is 0.000000196. The fourth-order valence-electron chi connectivity index (χ4n) is 3.23. The zero-order valence-electron chi connectivity index (χ0n) is 17.2. The molecule has 0 spiro atoms. The van der Waals surface area contributed by atoms with E-state index in [2.05, 4.69) is 29.6 Å². The van der Waals surface area contributed by atoms with Crippen molar-refractivity contribution in [1.29, 1.82) is 0 Å². The number of nitrogens with one attached hydrogen (secondary N) is 1. The Labute approximate surface area is 179 Å². The highest BCUT2D eigenvalue weighted by atomic mass is 16.5.